The lowest BCUT2D eigenvalue weighted by molar-refractivity contribution is 0.325. The number of aromatic nitrogens is 4. The molecule has 3 heterocycles. The van der Waals surface area contributed by atoms with Crippen LogP contribution in [0, 0.1) is 6.92 Å². The number of hydrogen-bond acceptors (Lipinski definition) is 5. The van der Waals surface area contributed by atoms with Gasteiger partial charge in [0.2, 0.25) is 5.88 Å². The summed E-state index contributed by atoms with van der Waals surface area (Å²) < 4.78 is 7.59. The number of aryl methyl sites for hydroxylation is 1. The Hall–Kier alpha value is -2.11. The number of hydrogen-bond donors (Lipinski definition) is 1. The SMILES string of the molecule is CCOc1cc(NC2Cc3cncn3C2)nc(C)n1. The summed E-state index contributed by atoms with van der Waals surface area (Å²) in [4.78, 5) is 12.8. The van der Waals surface area contributed by atoms with Crippen molar-refractivity contribution in [2.45, 2.75) is 32.9 Å². The van der Waals surface area contributed by atoms with Crippen LogP contribution in [0.5, 0.6) is 5.88 Å². The molecule has 100 valence electrons. The van der Waals surface area contributed by atoms with Gasteiger partial charge in [-0.05, 0) is 13.8 Å². The van der Waals surface area contributed by atoms with Gasteiger partial charge in [0.25, 0.3) is 0 Å². The van der Waals surface area contributed by atoms with Crippen LogP contribution in [-0.2, 0) is 13.0 Å². The second-order valence-electron chi connectivity index (χ2n) is 4.65. The molecule has 2 aromatic rings. The third-order valence-corrected chi connectivity index (χ3v) is 3.13. The number of anilines is 1. The van der Waals surface area contributed by atoms with Crippen molar-refractivity contribution < 1.29 is 4.74 Å². The third-order valence-electron chi connectivity index (χ3n) is 3.13. The molecular formula is C13H17N5O. The van der Waals surface area contributed by atoms with Crippen molar-refractivity contribution in [3.05, 3.63) is 30.1 Å². The molecule has 0 saturated carbocycles. The van der Waals surface area contributed by atoms with E-state index in [1.807, 2.05) is 32.4 Å². The Morgan fingerprint density at radius 2 is 2.37 bits per heavy atom. The first-order valence-electron chi connectivity index (χ1n) is 6.48. The van der Waals surface area contributed by atoms with Gasteiger partial charge in [-0.1, -0.05) is 0 Å². The number of imidazole rings is 1. The van der Waals surface area contributed by atoms with Crippen LogP contribution >= 0.6 is 0 Å². The number of nitrogens with one attached hydrogen (secondary N) is 1. The van der Waals surface area contributed by atoms with E-state index in [1.54, 1.807) is 0 Å². The van der Waals surface area contributed by atoms with Crippen molar-refractivity contribution in [1.82, 2.24) is 19.5 Å². The van der Waals surface area contributed by atoms with E-state index in [2.05, 4.69) is 24.8 Å². The second kappa shape index (κ2) is 4.87. The molecule has 0 saturated heterocycles. The van der Waals surface area contributed by atoms with Crippen molar-refractivity contribution in [3.8, 4) is 5.88 Å². The van der Waals surface area contributed by atoms with Crippen LogP contribution in [0.2, 0.25) is 0 Å². The summed E-state index contributed by atoms with van der Waals surface area (Å²) in [5, 5.41) is 3.43. The van der Waals surface area contributed by atoms with Crippen molar-refractivity contribution in [3.63, 3.8) is 0 Å². The fourth-order valence-electron chi connectivity index (χ4n) is 2.38. The van der Waals surface area contributed by atoms with Crippen molar-refractivity contribution in [1.29, 1.82) is 0 Å². The van der Waals surface area contributed by atoms with Gasteiger partial charge >= 0.3 is 0 Å². The molecule has 0 fully saturated rings. The van der Waals surface area contributed by atoms with Crippen LogP contribution in [-0.4, -0.2) is 32.2 Å². The molecule has 0 radical (unpaired) electrons. The number of nitrogens with zero attached hydrogens (tertiary/aromatic N) is 4. The Bertz CT molecular complexity index is 560. The molecule has 19 heavy (non-hydrogen) atoms. The van der Waals surface area contributed by atoms with Crippen LogP contribution in [0.25, 0.3) is 0 Å². The highest BCUT2D eigenvalue weighted by molar-refractivity contribution is 5.40. The summed E-state index contributed by atoms with van der Waals surface area (Å²) in [5.74, 6) is 2.16. The summed E-state index contributed by atoms with van der Waals surface area (Å²) in [6.45, 7) is 5.34. The van der Waals surface area contributed by atoms with E-state index < -0.39 is 0 Å². The van der Waals surface area contributed by atoms with Crippen LogP contribution in [0.3, 0.4) is 0 Å². The first-order chi connectivity index (χ1) is 9.24. The van der Waals surface area contributed by atoms with Gasteiger partial charge in [0, 0.05) is 30.9 Å². The zero-order chi connectivity index (χ0) is 13.2. The summed E-state index contributed by atoms with van der Waals surface area (Å²) in [5.41, 5.74) is 1.26. The fourth-order valence-corrected chi connectivity index (χ4v) is 2.38. The molecule has 0 bridgehead atoms. The van der Waals surface area contributed by atoms with E-state index in [0.29, 0.717) is 24.4 Å². The minimum absolute atomic E-state index is 0.349. The van der Waals surface area contributed by atoms with Gasteiger partial charge in [-0.15, -0.1) is 0 Å². The normalized spacial score (nSPS) is 17.3. The molecule has 1 N–H and O–H groups in total. The Balaban J connectivity index is 1.72. The van der Waals surface area contributed by atoms with Crippen LogP contribution in [0.15, 0.2) is 18.6 Å². The maximum atomic E-state index is 5.43. The van der Waals surface area contributed by atoms with Crippen molar-refractivity contribution in [2.24, 2.45) is 0 Å². The van der Waals surface area contributed by atoms with E-state index in [-0.39, 0.29) is 0 Å². The molecule has 1 aliphatic rings. The van der Waals surface area contributed by atoms with Crippen molar-refractivity contribution in [2.75, 3.05) is 11.9 Å². The van der Waals surface area contributed by atoms with Gasteiger partial charge in [-0.2, -0.15) is 4.98 Å². The Labute approximate surface area is 111 Å². The summed E-state index contributed by atoms with van der Waals surface area (Å²) in [7, 11) is 0. The van der Waals surface area contributed by atoms with Crippen LogP contribution in [0.1, 0.15) is 18.4 Å². The highest BCUT2D eigenvalue weighted by atomic mass is 16.5. The molecule has 1 atom stereocenters. The average Bonchev–Trinajstić information content (AvgIpc) is 2.89. The van der Waals surface area contributed by atoms with Crippen LogP contribution < -0.4 is 10.1 Å². The molecule has 0 spiro atoms. The Morgan fingerprint density at radius 3 is 3.16 bits per heavy atom. The molecule has 0 aliphatic carbocycles. The lowest BCUT2D eigenvalue weighted by Crippen LogP contribution is -2.21. The molecule has 3 rings (SSSR count). The van der Waals surface area contributed by atoms with E-state index in [1.165, 1.54) is 5.69 Å². The minimum Gasteiger partial charge on any atom is -0.478 e. The zero-order valence-electron chi connectivity index (χ0n) is 11.1. The van der Waals surface area contributed by atoms with Gasteiger partial charge in [0.1, 0.15) is 11.6 Å². The molecule has 0 aromatic carbocycles. The molecule has 6 heteroatoms. The zero-order valence-corrected chi connectivity index (χ0v) is 11.1. The average molecular weight is 259 g/mol. The predicted molar refractivity (Wildman–Crippen MR) is 71.3 cm³/mol. The molecule has 6 nitrogen and oxygen atoms in total. The predicted octanol–water partition coefficient (Wildman–Crippen LogP) is 1.42. The largest absolute Gasteiger partial charge is 0.478 e. The number of fused-ring (bicyclic) bond motifs is 1. The lowest BCUT2D eigenvalue weighted by Gasteiger charge is -2.13. The first-order valence-corrected chi connectivity index (χ1v) is 6.48. The maximum absolute atomic E-state index is 5.43. The van der Waals surface area contributed by atoms with E-state index in [4.69, 9.17) is 4.74 Å². The molecule has 1 aliphatic heterocycles. The van der Waals surface area contributed by atoms with Gasteiger partial charge in [0.15, 0.2) is 0 Å². The van der Waals surface area contributed by atoms with E-state index in [9.17, 15) is 0 Å². The molecule has 1 unspecified atom stereocenters. The first kappa shape index (κ1) is 12.0. The molecule has 2 aromatic heterocycles. The van der Waals surface area contributed by atoms with E-state index >= 15 is 0 Å². The van der Waals surface area contributed by atoms with Crippen molar-refractivity contribution >= 4 is 5.82 Å². The molecular weight excluding hydrogens is 242 g/mol. The van der Waals surface area contributed by atoms with Gasteiger partial charge < -0.3 is 14.6 Å². The maximum Gasteiger partial charge on any atom is 0.218 e. The van der Waals surface area contributed by atoms with Gasteiger partial charge in [-0.25, -0.2) is 9.97 Å². The van der Waals surface area contributed by atoms with Gasteiger partial charge in [-0.3, -0.25) is 0 Å². The monoisotopic (exact) mass is 259 g/mol. The Kier molecular flexibility index (Phi) is 3.06. The highest BCUT2D eigenvalue weighted by Crippen LogP contribution is 2.19. The molecule has 0 amide bonds. The van der Waals surface area contributed by atoms with Crippen LogP contribution in [0.4, 0.5) is 5.82 Å². The smallest absolute Gasteiger partial charge is 0.218 e. The summed E-state index contributed by atoms with van der Waals surface area (Å²) in [6, 6.07) is 2.20. The minimum atomic E-state index is 0.349. The number of rotatable bonds is 4. The lowest BCUT2D eigenvalue weighted by atomic mass is 10.2. The highest BCUT2D eigenvalue weighted by Gasteiger charge is 2.21. The fraction of sp³-hybridized carbons (Fsp3) is 0.462. The summed E-state index contributed by atoms with van der Waals surface area (Å²) >= 11 is 0. The third kappa shape index (κ3) is 2.52. The quantitative estimate of drug-likeness (QED) is 0.899. The van der Waals surface area contributed by atoms with Gasteiger partial charge in [0.05, 0.1) is 19.0 Å². The number of ether oxygens (including phenoxy) is 1. The summed E-state index contributed by atoms with van der Waals surface area (Å²) in [6.07, 6.45) is 4.75. The Morgan fingerprint density at radius 1 is 1.47 bits per heavy atom. The standard InChI is InChI=1S/C13H17N5O/c1-3-19-13-5-12(15-9(2)16-13)17-10-4-11-6-14-8-18(11)7-10/h5-6,8,10H,3-4,7H2,1-2H3,(H,15,16,17). The topological polar surface area (TPSA) is 64.9 Å². The van der Waals surface area contributed by atoms with E-state index in [0.717, 1.165) is 18.8 Å². The second-order valence-corrected chi connectivity index (χ2v) is 4.65.